The fourth-order valence-electron chi connectivity index (χ4n) is 3.49. The zero-order valence-corrected chi connectivity index (χ0v) is 15.7. The number of carbonyl (C=O) groups is 2. The highest BCUT2D eigenvalue weighted by Gasteiger charge is 2.21. The lowest BCUT2D eigenvalue weighted by Gasteiger charge is -2.29. The number of aryl methyl sites for hydroxylation is 1. The number of anilines is 2. The third kappa shape index (κ3) is 3.55. The van der Waals surface area contributed by atoms with Crippen molar-refractivity contribution in [3.05, 3.63) is 58.1 Å². The molecule has 0 aliphatic carbocycles. The van der Waals surface area contributed by atoms with Crippen LogP contribution in [0.15, 0.2) is 42.0 Å². The summed E-state index contributed by atoms with van der Waals surface area (Å²) < 4.78 is 5.65. The van der Waals surface area contributed by atoms with Crippen molar-refractivity contribution in [1.29, 1.82) is 0 Å². The minimum atomic E-state index is -0.209. The Morgan fingerprint density at radius 2 is 2.04 bits per heavy atom. The summed E-state index contributed by atoms with van der Waals surface area (Å²) >= 11 is 6.02. The maximum absolute atomic E-state index is 12.6. The van der Waals surface area contributed by atoms with Crippen LogP contribution >= 0.6 is 11.6 Å². The van der Waals surface area contributed by atoms with Crippen LogP contribution in [-0.4, -0.2) is 25.0 Å². The zero-order valence-electron chi connectivity index (χ0n) is 14.9. The molecule has 0 spiro atoms. The second kappa shape index (κ2) is 7.08. The molecular formula is C21H19ClN2O3. The van der Waals surface area contributed by atoms with E-state index in [1.165, 1.54) is 0 Å². The van der Waals surface area contributed by atoms with E-state index in [4.69, 9.17) is 16.3 Å². The Bertz CT molecular complexity index is 968. The topological polar surface area (TPSA) is 58.6 Å². The third-order valence-corrected chi connectivity index (χ3v) is 5.05. The van der Waals surface area contributed by atoms with Crippen LogP contribution in [0.25, 0.3) is 6.08 Å². The molecule has 4 rings (SSSR count). The van der Waals surface area contributed by atoms with Crippen LogP contribution in [0.5, 0.6) is 5.75 Å². The molecule has 2 aliphatic rings. The summed E-state index contributed by atoms with van der Waals surface area (Å²) in [7, 11) is 0. The lowest BCUT2D eigenvalue weighted by atomic mass is 10.0. The third-order valence-electron chi connectivity index (χ3n) is 4.81. The second-order valence-corrected chi connectivity index (χ2v) is 7.15. The van der Waals surface area contributed by atoms with Crippen LogP contribution in [-0.2, 0) is 16.0 Å². The van der Waals surface area contributed by atoms with E-state index < -0.39 is 0 Å². The molecule has 6 heteroatoms. The van der Waals surface area contributed by atoms with E-state index in [9.17, 15) is 9.59 Å². The van der Waals surface area contributed by atoms with E-state index in [0.29, 0.717) is 22.0 Å². The molecule has 0 saturated heterocycles. The van der Waals surface area contributed by atoms with Crippen LogP contribution in [0.3, 0.4) is 0 Å². The van der Waals surface area contributed by atoms with E-state index in [1.807, 2.05) is 18.2 Å². The van der Waals surface area contributed by atoms with Gasteiger partial charge in [-0.15, -0.1) is 0 Å². The Hall–Kier alpha value is -2.79. The summed E-state index contributed by atoms with van der Waals surface area (Å²) in [6.45, 7) is 2.52. The summed E-state index contributed by atoms with van der Waals surface area (Å²) in [4.78, 5) is 26.2. The fourth-order valence-corrected chi connectivity index (χ4v) is 3.67. The Balaban J connectivity index is 1.55. The first kappa shape index (κ1) is 17.6. The van der Waals surface area contributed by atoms with Gasteiger partial charge in [-0.25, -0.2) is 0 Å². The first-order valence-corrected chi connectivity index (χ1v) is 9.24. The van der Waals surface area contributed by atoms with Gasteiger partial charge >= 0.3 is 0 Å². The van der Waals surface area contributed by atoms with Crippen molar-refractivity contribution >= 4 is 40.9 Å². The number of amides is 2. The molecule has 0 atom stereocenters. The van der Waals surface area contributed by atoms with Crippen molar-refractivity contribution in [2.24, 2.45) is 0 Å². The van der Waals surface area contributed by atoms with Gasteiger partial charge in [0.2, 0.25) is 5.91 Å². The van der Waals surface area contributed by atoms with Gasteiger partial charge in [-0.05, 0) is 60.9 Å². The molecule has 0 unspecified atom stereocenters. The molecule has 2 amide bonds. The molecule has 2 heterocycles. The maximum atomic E-state index is 12.6. The Morgan fingerprint density at radius 1 is 1.19 bits per heavy atom. The van der Waals surface area contributed by atoms with Crippen molar-refractivity contribution in [1.82, 2.24) is 0 Å². The van der Waals surface area contributed by atoms with Crippen molar-refractivity contribution in [2.75, 3.05) is 23.4 Å². The van der Waals surface area contributed by atoms with Gasteiger partial charge in [0.1, 0.15) is 12.4 Å². The summed E-state index contributed by atoms with van der Waals surface area (Å²) in [5.41, 5.74) is 4.03. The first-order chi connectivity index (χ1) is 13.0. The molecule has 2 aromatic carbocycles. The number of benzene rings is 2. The van der Waals surface area contributed by atoms with Crippen molar-refractivity contribution in [2.45, 2.75) is 19.8 Å². The van der Waals surface area contributed by atoms with Gasteiger partial charge < -0.3 is 15.0 Å². The smallest absolute Gasteiger partial charge is 0.255 e. The number of hydrogen-bond donors (Lipinski definition) is 1. The number of fused-ring (bicyclic) bond motifs is 2. The quantitative estimate of drug-likeness (QED) is 0.852. The van der Waals surface area contributed by atoms with Crippen molar-refractivity contribution in [3.8, 4) is 5.75 Å². The fraction of sp³-hybridized carbons (Fsp3) is 0.238. The molecule has 0 bridgehead atoms. The monoisotopic (exact) mass is 382 g/mol. The van der Waals surface area contributed by atoms with Gasteiger partial charge in [0.25, 0.3) is 5.91 Å². The Kier molecular flexibility index (Phi) is 4.62. The molecule has 2 aliphatic heterocycles. The standard InChI is InChI=1S/C21H19ClN2O3/c1-13(25)24-8-2-3-14-11-18(5-6-19(14)24)23-21(26)16-9-15-10-17(22)4-7-20(15)27-12-16/h4-7,9-11H,2-3,8,12H2,1H3,(H,23,26). The highest BCUT2D eigenvalue weighted by molar-refractivity contribution is 6.30. The van der Waals surface area contributed by atoms with E-state index in [2.05, 4.69) is 5.32 Å². The molecule has 0 fully saturated rings. The van der Waals surface area contributed by atoms with E-state index >= 15 is 0 Å². The number of ether oxygens (including phenoxy) is 1. The molecule has 5 nitrogen and oxygen atoms in total. The molecule has 27 heavy (non-hydrogen) atoms. The predicted molar refractivity (Wildman–Crippen MR) is 106 cm³/mol. The number of rotatable bonds is 2. The summed E-state index contributed by atoms with van der Waals surface area (Å²) in [6, 6.07) is 11.0. The number of carbonyl (C=O) groups excluding carboxylic acids is 2. The number of halogens is 1. The number of nitrogens with zero attached hydrogens (tertiary/aromatic N) is 1. The lowest BCUT2D eigenvalue weighted by Crippen LogP contribution is -2.33. The van der Waals surface area contributed by atoms with Crippen LogP contribution in [0.4, 0.5) is 11.4 Å². The second-order valence-electron chi connectivity index (χ2n) is 6.71. The number of nitrogens with one attached hydrogen (secondary N) is 1. The van der Waals surface area contributed by atoms with Gasteiger partial charge in [-0.1, -0.05) is 11.6 Å². The molecular weight excluding hydrogens is 364 g/mol. The predicted octanol–water partition coefficient (Wildman–Crippen LogP) is 4.05. The average Bonchev–Trinajstić information content (AvgIpc) is 2.66. The maximum Gasteiger partial charge on any atom is 0.255 e. The van der Waals surface area contributed by atoms with Gasteiger partial charge in [-0.2, -0.15) is 0 Å². The molecule has 2 aromatic rings. The minimum Gasteiger partial charge on any atom is -0.488 e. The highest BCUT2D eigenvalue weighted by Crippen LogP contribution is 2.31. The van der Waals surface area contributed by atoms with E-state index in [-0.39, 0.29) is 18.4 Å². The molecule has 0 saturated carbocycles. The summed E-state index contributed by atoms with van der Waals surface area (Å²) in [6.07, 6.45) is 3.61. The molecule has 138 valence electrons. The Morgan fingerprint density at radius 3 is 2.85 bits per heavy atom. The number of hydrogen-bond acceptors (Lipinski definition) is 3. The first-order valence-electron chi connectivity index (χ1n) is 8.86. The normalized spacial score (nSPS) is 15.2. The largest absolute Gasteiger partial charge is 0.488 e. The van der Waals surface area contributed by atoms with Gasteiger partial charge in [0.05, 0.1) is 5.57 Å². The molecule has 1 N–H and O–H groups in total. The summed E-state index contributed by atoms with van der Waals surface area (Å²) in [5.74, 6) is 0.545. The molecule has 0 radical (unpaired) electrons. The average molecular weight is 383 g/mol. The zero-order chi connectivity index (χ0) is 19.0. The highest BCUT2D eigenvalue weighted by atomic mass is 35.5. The van der Waals surface area contributed by atoms with Crippen LogP contribution in [0.1, 0.15) is 24.5 Å². The van der Waals surface area contributed by atoms with Gasteiger partial charge in [-0.3, -0.25) is 9.59 Å². The van der Waals surface area contributed by atoms with Crippen LogP contribution in [0, 0.1) is 0 Å². The SMILES string of the molecule is CC(=O)N1CCCc2cc(NC(=O)C3=Cc4cc(Cl)ccc4OC3)ccc21. The Labute approximate surface area is 162 Å². The van der Waals surface area contributed by atoms with Gasteiger partial charge in [0, 0.05) is 35.4 Å². The van der Waals surface area contributed by atoms with Crippen LogP contribution < -0.4 is 15.0 Å². The van der Waals surface area contributed by atoms with Crippen LogP contribution in [0.2, 0.25) is 5.02 Å². The van der Waals surface area contributed by atoms with Gasteiger partial charge in [0.15, 0.2) is 0 Å². The van der Waals surface area contributed by atoms with E-state index in [0.717, 1.165) is 36.2 Å². The minimum absolute atomic E-state index is 0.0366. The van der Waals surface area contributed by atoms with Crippen molar-refractivity contribution in [3.63, 3.8) is 0 Å². The summed E-state index contributed by atoms with van der Waals surface area (Å²) in [5, 5.41) is 3.52. The molecule has 0 aromatic heterocycles. The van der Waals surface area contributed by atoms with E-state index in [1.54, 1.807) is 36.1 Å². The van der Waals surface area contributed by atoms with Crippen molar-refractivity contribution < 1.29 is 14.3 Å². The lowest BCUT2D eigenvalue weighted by molar-refractivity contribution is -0.116.